The molecule has 1 N–H and O–H groups in total. The van der Waals surface area contributed by atoms with Crippen LogP contribution in [-0.4, -0.2) is 25.6 Å². The summed E-state index contributed by atoms with van der Waals surface area (Å²) in [6, 6.07) is 3.99. The predicted molar refractivity (Wildman–Crippen MR) is 78.7 cm³/mol. The van der Waals surface area contributed by atoms with Gasteiger partial charge < -0.3 is 5.32 Å². The van der Waals surface area contributed by atoms with Crippen LogP contribution in [0.15, 0.2) is 23.1 Å². The van der Waals surface area contributed by atoms with Gasteiger partial charge >= 0.3 is 0 Å². The lowest BCUT2D eigenvalue weighted by atomic mass is 10.0. The zero-order valence-corrected chi connectivity index (χ0v) is 12.9. The third kappa shape index (κ3) is 3.93. The van der Waals surface area contributed by atoms with Gasteiger partial charge in [0.15, 0.2) is 9.84 Å². The van der Waals surface area contributed by atoms with E-state index in [4.69, 9.17) is 0 Å². The van der Waals surface area contributed by atoms with Crippen molar-refractivity contribution in [3.8, 4) is 0 Å². The van der Waals surface area contributed by atoms with Gasteiger partial charge in [-0.25, -0.2) is 8.42 Å². The Hall–Kier alpha value is -1.63. The molecule has 0 saturated carbocycles. The van der Waals surface area contributed by atoms with Crippen molar-refractivity contribution in [1.82, 2.24) is 0 Å². The van der Waals surface area contributed by atoms with E-state index in [1.54, 1.807) is 0 Å². The Morgan fingerprint density at radius 1 is 1.35 bits per heavy atom. The van der Waals surface area contributed by atoms with Gasteiger partial charge in [0.2, 0.25) is 0 Å². The molecule has 2 unspecified atom stereocenters. The number of nitro groups is 1. The molecule has 1 rings (SSSR count). The highest BCUT2D eigenvalue weighted by molar-refractivity contribution is 7.90. The molecule has 0 spiro atoms. The largest absolute Gasteiger partial charge is 0.377 e. The Kier molecular flexibility index (Phi) is 5.10. The first-order valence-corrected chi connectivity index (χ1v) is 8.31. The average molecular weight is 300 g/mol. The number of nitro benzene ring substituents is 1. The van der Waals surface area contributed by atoms with Crippen molar-refractivity contribution in [2.45, 2.75) is 38.1 Å². The number of hydrogen-bond acceptors (Lipinski definition) is 5. The van der Waals surface area contributed by atoms with Crippen LogP contribution in [0.3, 0.4) is 0 Å². The van der Waals surface area contributed by atoms with Crippen molar-refractivity contribution in [2.75, 3.05) is 11.6 Å². The van der Waals surface area contributed by atoms with Crippen LogP contribution in [0.4, 0.5) is 11.4 Å². The second-order valence-electron chi connectivity index (χ2n) is 5.03. The van der Waals surface area contributed by atoms with Crippen molar-refractivity contribution in [3.05, 3.63) is 28.3 Å². The summed E-state index contributed by atoms with van der Waals surface area (Å²) in [5.41, 5.74) is 0.123. The third-order valence-electron chi connectivity index (χ3n) is 3.47. The number of nitrogens with zero attached hydrogens (tertiary/aromatic N) is 1. The van der Waals surface area contributed by atoms with Gasteiger partial charge in [-0.3, -0.25) is 10.1 Å². The minimum atomic E-state index is -3.46. The summed E-state index contributed by atoms with van der Waals surface area (Å²) >= 11 is 0. The number of nitrogens with one attached hydrogen (secondary N) is 1. The van der Waals surface area contributed by atoms with Gasteiger partial charge in [0, 0.05) is 18.4 Å². The van der Waals surface area contributed by atoms with Crippen molar-refractivity contribution < 1.29 is 13.3 Å². The number of anilines is 1. The highest BCUT2D eigenvalue weighted by Gasteiger charge is 2.20. The first kappa shape index (κ1) is 16.4. The molecule has 0 bridgehead atoms. The monoisotopic (exact) mass is 300 g/mol. The fourth-order valence-electron chi connectivity index (χ4n) is 1.76. The molecule has 112 valence electrons. The highest BCUT2D eigenvalue weighted by atomic mass is 32.2. The maximum atomic E-state index is 11.5. The van der Waals surface area contributed by atoms with E-state index in [0.29, 0.717) is 11.6 Å². The van der Waals surface area contributed by atoms with E-state index >= 15 is 0 Å². The van der Waals surface area contributed by atoms with Gasteiger partial charge in [-0.05, 0) is 25.0 Å². The van der Waals surface area contributed by atoms with Gasteiger partial charge in [0.05, 0.1) is 9.82 Å². The van der Waals surface area contributed by atoms with Crippen LogP contribution >= 0.6 is 0 Å². The normalized spacial score (nSPS) is 14.6. The third-order valence-corrected chi connectivity index (χ3v) is 4.58. The molecule has 20 heavy (non-hydrogen) atoms. The number of benzene rings is 1. The topological polar surface area (TPSA) is 89.3 Å². The van der Waals surface area contributed by atoms with Crippen LogP contribution in [0.25, 0.3) is 0 Å². The Bertz CT molecular complexity index is 598. The van der Waals surface area contributed by atoms with E-state index in [0.717, 1.165) is 18.7 Å². The molecule has 1 aromatic rings. The molecule has 0 fully saturated rings. The predicted octanol–water partition coefficient (Wildman–Crippen LogP) is 2.84. The van der Waals surface area contributed by atoms with Crippen LogP contribution < -0.4 is 5.32 Å². The van der Waals surface area contributed by atoms with Crippen LogP contribution in [0.5, 0.6) is 0 Å². The van der Waals surface area contributed by atoms with Gasteiger partial charge in [-0.2, -0.15) is 0 Å². The number of rotatable bonds is 6. The molecule has 0 aromatic heterocycles. The molecule has 7 heteroatoms. The first-order valence-electron chi connectivity index (χ1n) is 6.41. The molecular weight excluding hydrogens is 280 g/mol. The fourth-order valence-corrected chi connectivity index (χ4v) is 2.40. The zero-order valence-electron chi connectivity index (χ0n) is 12.1. The van der Waals surface area contributed by atoms with E-state index < -0.39 is 14.8 Å². The molecule has 0 amide bonds. The van der Waals surface area contributed by atoms with Crippen molar-refractivity contribution in [3.63, 3.8) is 0 Å². The molecule has 0 aliphatic rings. The lowest BCUT2D eigenvalue weighted by Gasteiger charge is -2.21. The van der Waals surface area contributed by atoms with E-state index in [1.807, 2.05) is 20.8 Å². The molecule has 0 heterocycles. The van der Waals surface area contributed by atoms with E-state index in [-0.39, 0.29) is 16.6 Å². The Morgan fingerprint density at radius 2 is 1.95 bits per heavy atom. The summed E-state index contributed by atoms with van der Waals surface area (Å²) in [4.78, 5) is 10.5. The fraction of sp³-hybridized carbons (Fsp3) is 0.538. The summed E-state index contributed by atoms with van der Waals surface area (Å²) < 4.78 is 22.9. The van der Waals surface area contributed by atoms with Crippen LogP contribution in [0.2, 0.25) is 0 Å². The lowest BCUT2D eigenvalue weighted by molar-refractivity contribution is -0.384. The molecule has 2 atom stereocenters. The molecule has 1 aromatic carbocycles. The van der Waals surface area contributed by atoms with Gasteiger partial charge in [-0.1, -0.05) is 20.3 Å². The van der Waals surface area contributed by atoms with Crippen molar-refractivity contribution in [1.29, 1.82) is 0 Å². The van der Waals surface area contributed by atoms with Crippen molar-refractivity contribution in [2.24, 2.45) is 5.92 Å². The summed E-state index contributed by atoms with van der Waals surface area (Å²) in [5.74, 6) is 0.351. The summed E-state index contributed by atoms with van der Waals surface area (Å²) in [5, 5.41) is 14.2. The number of hydrogen-bond donors (Lipinski definition) is 1. The minimum absolute atomic E-state index is 0.0501. The molecule has 0 aliphatic heterocycles. The quantitative estimate of drug-likeness (QED) is 0.644. The lowest BCUT2D eigenvalue weighted by Crippen LogP contribution is -2.23. The average Bonchev–Trinajstić information content (AvgIpc) is 2.36. The highest BCUT2D eigenvalue weighted by Crippen LogP contribution is 2.29. The minimum Gasteiger partial charge on any atom is -0.377 e. The van der Waals surface area contributed by atoms with Crippen LogP contribution in [0, 0.1) is 16.0 Å². The van der Waals surface area contributed by atoms with Crippen LogP contribution in [-0.2, 0) is 9.84 Å². The van der Waals surface area contributed by atoms with Gasteiger partial charge in [-0.15, -0.1) is 0 Å². The molecular formula is C13H20N2O4S. The molecule has 0 aliphatic carbocycles. The summed E-state index contributed by atoms with van der Waals surface area (Å²) in [6.07, 6.45) is 1.98. The van der Waals surface area contributed by atoms with Crippen molar-refractivity contribution >= 4 is 21.2 Å². The summed E-state index contributed by atoms with van der Waals surface area (Å²) in [6.45, 7) is 6.04. The van der Waals surface area contributed by atoms with Crippen LogP contribution in [0.1, 0.15) is 27.2 Å². The van der Waals surface area contributed by atoms with E-state index in [2.05, 4.69) is 5.32 Å². The first-order chi connectivity index (χ1) is 9.16. The Labute approximate surface area is 119 Å². The Morgan fingerprint density at radius 3 is 2.40 bits per heavy atom. The maximum absolute atomic E-state index is 11.5. The smallest absolute Gasteiger partial charge is 0.293 e. The standard InChI is InChI=1S/C13H20N2O4S/c1-5-9(2)10(3)14-12-7-6-11(20(4,18)19)8-13(12)15(16)17/h6-10,14H,5H2,1-4H3. The van der Waals surface area contributed by atoms with E-state index in [1.165, 1.54) is 12.1 Å². The second kappa shape index (κ2) is 6.21. The molecule has 0 saturated heterocycles. The second-order valence-corrected chi connectivity index (χ2v) is 7.04. The molecule has 6 nitrogen and oxygen atoms in total. The Balaban J connectivity index is 3.18. The zero-order chi connectivity index (χ0) is 15.5. The van der Waals surface area contributed by atoms with Gasteiger partial charge in [0.25, 0.3) is 5.69 Å². The maximum Gasteiger partial charge on any atom is 0.293 e. The number of sulfone groups is 1. The SMILES string of the molecule is CCC(C)C(C)Nc1ccc(S(C)(=O)=O)cc1[N+](=O)[O-]. The molecule has 0 radical (unpaired) electrons. The summed E-state index contributed by atoms with van der Waals surface area (Å²) in [7, 11) is -3.46. The van der Waals surface area contributed by atoms with E-state index in [9.17, 15) is 18.5 Å². The van der Waals surface area contributed by atoms with Gasteiger partial charge in [0.1, 0.15) is 5.69 Å².